The normalized spacial score (nSPS) is 11.4. The highest BCUT2D eigenvalue weighted by Gasteiger charge is 2.12. The summed E-state index contributed by atoms with van der Waals surface area (Å²) in [4.78, 5) is 9.96. The van der Waals surface area contributed by atoms with Gasteiger partial charge >= 0.3 is 0 Å². The molecule has 0 atom stereocenters. The van der Waals surface area contributed by atoms with Crippen LogP contribution < -0.4 is 0 Å². The fourth-order valence-electron chi connectivity index (χ4n) is 4.26. The molecule has 0 saturated heterocycles. The maximum atomic E-state index is 6.05. The predicted octanol–water partition coefficient (Wildman–Crippen LogP) is 7.92. The fraction of sp³-hybridized carbons (Fsp3) is 0. The summed E-state index contributed by atoms with van der Waals surface area (Å²) in [6.07, 6.45) is 1.88. The molecule has 146 valence electrons. The Morgan fingerprint density at radius 1 is 0.516 bits per heavy atom. The zero-order valence-corrected chi connectivity index (χ0v) is 17.3. The van der Waals surface area contributed by atoms with Crippen molar-refractivity contribution in [2.45, 2.75) is 0 Å². The van der Waals surface area contributed by atoms with Crippen molar-refractivity contribution in [1.82, 2.24) is 9.97 Å². The molecule has 2 nitrogen and oxygen atoms in total. The quantitative estimate of drug-likeness (QED) is 0.268. The van der Waals surface area contributed by atoms with Crippen molar-refractivity contribution >= 4 is 44.2 Å². The lowest BCUT2D eigenvalue weighted by atomic mass is 9.99. The van der Waals surface area contributed by atoms with Gasteiger partial charge in [0.25, 0.3) is 0 Å². The smallest absolute Gasteiger partial charge is 0.0979 e. The van der Waals surface area contributed by atoms with Crippen LogP contribution in [0.2, 0.25) is 5.02 Å². The van der Waals surface area contributed by atoms with E-state index in [0.29, 0.717) is 0 Å². The Morgan fingerprint density at radius 2 is 1.13 bits per heavy atom. The molecule has 6 rings (SSSR count). The van der Waals surface area contributed by atoms with Crippen molar-refractivity contribution in [3.8, 4) is 22.4 Å². The molecule has 0 aliphatic heterocycles. The Labute approximate surface area is 184 Å². The minimum atomic E-state index is 0.736. The molecule has 1 heterocycles. The van der Waals surface area contributed by atoms with Gasteiger partial charge in [-0.25, -0.2) is 4.98 Å². The van der Waals surface area contributed by atoms with Crippen LogP contribution in [0, 0.1) is 0 Å². The first-order valence-corrected chi connectivity index (χ1v) is 10.6. The molecule has 5 aromatic carbocycles. The zero-order valence-electron chi connectivity index (χ0n) is 16.6. The Hall–Kier alpha value is -3.75. The average molecular weight is 417 g/mol. The van der Waals surface area contributed by atoms with Crippen LogP contribution in [-0.2, 0) is 0 Å². The summed E-state index contributed by atoms with van der Waals surface area (Å²) in [5.41, 5.74) is 6.02. The number of fused-ring (bicyclic) bond motifs is 6. The van der Waals surface area contributed by atoms with Crippen molar-refractivity contribution in [2.24, 2.45) is 0 Å². The number of rotatable bonds is 2. The van der Waals surface area contributed by atoms with Crippen LogP contribution in [-0.4, -0.2) is 9.97 Å². The maximum Gasteiger partial charge on any atom is 0.0979 e. The first-order valence-electron chi connectivity index (χ1n) is 10.2. The van der Waals surface area contributed by atoms with Gasteiger partial charge in [0.1, 0.15) is 0 Å². The van der Waals surface area contributed by atoms with Crippen LogP contribution >= 0.6 is 11.6 Å². The molecule has 0 saturated carbocycles. The molecule has 0 bridgehead atoms. The van der Waals surface area contributed by atoms with Gasteiger partial charge in [-0.2, -0.15) is 0 Å². The van der Waals surface area contributed by atoms with Crippen LogP contribution in [0.5, 0.6) is 0 Å². The average Bonchev–Trinajstić information content (AvgIpc) is 2.84. The summed E-state index contributed by atoms with van der Waals surface area (Å²) in [6.45, 7) is 0. The third kappa shape index (κ3) is 3.04. The second-order valence-electron chi connectivity index (χ2n) is 7.63. The van der Waals surface area contributed by atoms with E-state index in [1.807, 2.05) is 30.5 Å². The van der Waals surface area contributed by atoms with E-state index in [2.05, 4.69) is 72.8 Å². The van der Waals surface area contributed by atoms with Gasteiger partial charge in [0, 0.05) is 21.4 Å². The van der Waals surface area contributed by atoms with Crippen molar-refractivity contribution in [3.05, 3.63) is 108 Å². The minimum Gasteiger partial charge on any atom is -0.252 e. The molecule has 0 aliphatic rings. The summed E-state index contributed by atoms with van der Waals surface area (Å²) in [6, 6.07) is 33.1. The maximum absolute atomic E-state index is 6.05. The van der Waals surface area contributed by atoms with E-state index in [4.69, 9.17) is 21.6 Å². The van der Waals surface area contributed by atoms with Gasteiger partial charge in [0.2, 0.25) is 0 Å². The van der Waals surface area contributed by atoms with Gasteiger partial charge in [-0.15, -0.1) is 0 Å². The third-order valence-electron chi connectivity index (χ3n) is 5.76. The molecule has 0 amide bonds. The summed E-state index contributed by atoms with van der Waals surface area (Å²) in [5, 5.41) is 5.40. The molecule has 0 unspecified atom stereocenters. The number of halogens is 1. The van der Waals surface area contributed by atoms with E-state index < -0.39 is 0 Å². The molecule has 1 aromatic heterocycles. The Morgan fingerprint density at radius 3 is 1.84 bits per heavy atom. The lowest BCUT2D eigenvalue weighted by molar-refractivity contribution is 1.31. The standard InChI is InChI=1S/C28H17ClN2/c29-21-14-12-18(13-15-21)19-6-5-7-20(16-19)26-17-30-27-24-10-3-1-8-22(24)23-9-2-4-11-25(23)28(27)31-26/h1-17H. The molecule has 0 N–H and O–H groups in total. The summed E-state index contributed by atoms with van der Waals surface area (Å²) >= 11 is 6.05. The second kappa shape index (κ2) is 7.19. The largest absolute Gasteiger partial charge is 0.252 e. The van der Waals surface area contributed by atoms with E-state index in [-0.39, 0.29) is 0 Å². The van der Waals surface area contributed by atoms with Gasteiger partial charge in [-0.3, -0.25) is 4.98 Å². The first-order chi connectivity index (χ1) is 15.3. The summed E-state index contributed by atoms with van der Waals surface area (Å²) < 4.78 is 0. The Bertz CT molecular complexity index is 1550. The highest BCUT2D eigenvalue weighted by molar-refractivity contribution is 6.30. The number of benzene rings is 5. The number of aromatic nitrogens is 2. The van der Waals surface area contributed by atoms with Gasteiger partial charge in [-0.1, -0.05) is 90.5 Å². The van der Waals surface area contributed by atoms with Gasteiger partial charge < -0.3 is 0 Å². The van der Waals surface area contributed by atoms with E-state index in [1.54, 1.807) is 0 Å². The summed E-state index contributed by atoms with van der Waals surface area (Å²) in [7, 11) is 0. The lowest BCUT2D eigenvalue weighted by Gasteiger charge is -2.11. The number of nitrogens with zero attached hydrogens (tertiary/aromatic N) is 2. The molecule has 0 fully saturated rings. The Balaban J connectivity index is 1.58. The van der Waals surface area contributed by atoms with E-state index in [9.17, 15) is 0 Å². The SMILES string of the molecule is Clc1ccc(-c2cccc(-c3cnc4c5ccccc5c5ccccc5c4n3)c2)cc1. The predicted molar refractivity (Wildman–Crippen MR) is 130 cm³/mol. The number of hydrogen-bond acceptors (Lipinski definition) is 2. The topological polar surface area (TPSA) is 25.8 Å². The van der Waals surface area contributed by atoms with E-state index >= 15 is 0 Å². The van der Waals surface area contributed by atoms with Crippen molar-refractivity contribution in [3.63, 3.8) is 0 Å². The fourth-order valence-corrected chi connectivity index (χ4v) is 4.39. The molecule has 0 radical (unpaired) electrons. The minimum absolute atomic E-state index is 0.736. The highest BCUT2D eigenvalue weighted by atomic mass is 35.5. The van der Waals surface area contributed by atoms with Crippen LogP contribution in [0.15, 0.2) is 103 Å². The monoisotopic (exact) mass is 416 g/mol. The molecule has 0 aliphatic carbocycles. The van der Waals surface area contributed by atoms with Crippen molar-refractivity contribution in [1.29, 1.82) is 0 Å². The molecule has 0 spiro atoms. The van der Waals surface area contributed by atoms with Crippen molar-refractivity contribution in [2.75, 3.05) is 0 Å². The third-order valence-corrected chi connectivity index (χ3v) is 6.01. The number of hydrogen-bond donors (Lipinski definition) is 0. The Kier molecular flexibility index (Phi) is 4.19. The first kappa shape index (κ1) is 18.1. The van der Waals surface area contributed by atoms with Crippen molar-refractivity contribution < 1.29 is 0 Å². The molecule has 6 aromatic rings. The van der Waals surface area contributed by atoms with Crippen LogP contribution in [0.1, 0.15) is 0 Å². The summed E-state index contributed by atoms with van der Waals surface area (Å²) in [5.74, 6) is 0. The van der Waals surface area contributed by atoms with Gasteiger partial charge in [-0.05, 0) is 40.1 Å². The zero-order chi connectivity index (χ0) is 20.8. The second-order valence-corrected chi connectivity index (χ2v) is 8.07. The van der Waals surface area contributed by atoms with Crippen LogP contribution in [0.3, 0.4) is 0 Å². The van der Waals surface area contributed by atoms with Crippen LogP contribution in [0.25, 0.3) is 55.0 Å². The van der Waals surface area contributed by atoms with Crippen LogP contribution in [0.4, 0.5) is 0 Å². The molecule has 31 heavy (non-hydrogen) atoms. The molecular weight excluding hydrogens is 400 g/mol. The lowest BCUT2D eigenvalue weighted by Crippen LogP contribution is -1.92. The van der Waals surface area contributed by atoms with E-state index in [1.165, 1.54) is 10.8 Å². The van der Waals surface area contributed by atoms with Gasteiger partial charge in [0.15, 0.2) is 0 Å². The van der Waals surface area contributed by atoms with Gasteiger partial charge in [0.05, 0.1) is 22.9 Å². The van der Waals surface area contributed by atoms with E-state index in [0.717, 1.165) is 49.2 Å². The molecular formula is C28H17ClN2. The molecule has 3 heteroatoms. The highest BCUT2D eigenvalue weighted by Crippen LogP contribution is 2.34.